The quantitative estimate of drug-likeness (QED) is 0.217. The van der Waals surface area contributed by atoms with Gasteiger partial charge >= 0.3 is 29.6 Å². The van der Waals surface area contributed by atoms with Crippen molar-refractivity contribution in [1.29, 1.82) is 0 Å². The number of aliphatic hydroxyl groups excluding tert-OH is 3. The molecule has 30 heavy (non-hydrogen) atoms. The van der Waals surface area contributed by atoms with E-state index in [1.165, 1.54) is 34.9 Å². The third kappa shape index (κ3) is 3.65. The summed E-state index contributed by atoms with van der Waals surface area (Å²) in [6.45, 7) is 3.05. The molecule has 0 saturated carbocycles. The largest absolute Gasteiger partial charge is 1.00 e. The van der Waals surface area contributed by atoms with E-state index in [-0.39, 0.29) is 53.5 Å². The fraction of sp³-hybridized carbons (Fsp3) is 0.500. The molecule has 1 fully saturated rings. The molecule has 156 valence electrons. The van der Waals surface area contributed by atoms with Gasteiger partial charge in [0.05, 0.1) is 47.3 Å². The Labute approximate surface area is 202 Å². The first kappa shape index (κ1) is 23.7. The summed E-state index contributed by atoms with van der Waals surface area (Å²) in [7, 11) is 0. The van der Waals surface area contributed by atoms with Gasteiger partial charge in [-0.2, -0.15) is 0 Å². The molecule has 4 rings (SSSR count). The molecule has 2 aromatic heterocycles. The summed E-state index contributed by atoms with van der Waals surface area (Å²) in [5.41, 5.74) is 0.387. The van der Waals surface area contributed by atoms with Gasteiger partial charge in [-0.1, -0.05) is 6.92 Å². The number of hydrogen-bond donors (Lipinski definition) is 3. The average Bonchev–Trinajstić information content (AvgIpc) is 3.29. The smallest absolute Gasteiger partial charge is 0.543 e. The van der Waals surface area contributed by atoms with E-state index in [0.717, 1.165) is 4.83 Å². The van der Waals surface area contributed by atoms with Crippen LogP contribution in [0.2, 0.25) is 0 Å². The number of hydrogen-bond acceptors (Lipinski definition) is 9. The van der Waals surface area contributed by atoms with Gasteiger partial charge in [0.1, 0.15) is 16.2 Å². The zero-order valence-corrected chi connectivity index (χ0v) is 20.3. The summed E-state index contributed by atoms with van der Waals surface area (Å²) in [6.07, 6.45) is 1.64. The fourth-order valence-corrected chi connectivity index (χ4v) is 6.33. The van der Waals surface area contributed by atoms with E-state index in [1.54, 1.807) is 16.9 Å². The van der Waals surface area contributed by atoms with Gasteiger partial charge in [-0.15, -0.1) is 23.1 Å². The zero-order chi connectivity index (χ0) is 21.0. The maximum atomic E-state index is 12.5. The summed E-state index contributed by atoms with van der Waals surface area (Å²) in [5, 5.41) is 41.0. The van der Waals surface area contributed by atoms with Crippen LogP contribution < -0.4 is 34.7 Å². The normalized spacial score (nSPS) is 25.2. The van der Waals surface area contributed by atoms with Crippen molar-refractivity contribution in [3.63, 3.8) is 0 Å². The summed E-state index contributed by atoms with van der Waals surface area (Å²) < 4.78 is 1.77. The van der Waals surface area contributed by atoms with Crippen molar-refractivity contribution in [2.75, 3.05) is 12.4 Å². The number of aromatic nitrogens is 2. The van der Waals surface area contributed by atoms with Crippen LogP contribution in [-0.2, 0) is 9.59 Å². The predicted molar refractivity (Wildman–Crippen MR) is 104 cm³/mol. The SMILES string of the molecule is C[C@@H](O)[C@H]1C(=O)N2C(C(=O)[O-])=C(c3cn4cnc(SC[C@H](O)CO)c4s3)[C@H](C)[C@H]12.[Na+]. The van der Waals surface area contributed by atoms with Gasteiger partial charge in [-0.25, -0.2) is 4.98 Å². The first-order valence-corrected chi connectivity index (χ1v) is 10.9. The number of rotatable bonds is 7. The molecule has 3 N–H and O–H groups in total. The van der Waals surface area contributed by atoms with Crippen molar-refractivity contribution < 1.29 is 59.6 Å². The monoisotopic (exact) mass is 461 g/mol. The van der Waals surface area contributed by atoms with Crippen LogP contribution >= 0.6 is 23.1 Å². The topological polar surface area (TPSA) is 138 Å². The number of nitrogens with zero attached hydrogens (tertiary/aromatic N) is 3. The summed E-state index contributed by atoms with van der Waals surface area (Å²) in [6, 6.07) is -0.404. The van der Waals surface area contributed by atoms with Crippen molar-refractivity contribution in [2.45, 2.75) is 37.1 Å². The second-order valence-electron chi connectivity index (χ2n) is 7.31. The molecule has 1 amide bonds. The number of amides is 1. The molecule has 12 heteroatoms. The van der Waals surface area contributed by atoms with Crippen LogP contribution in [0.3, 0.4) is 0 Å². The molecule has 2 aliphatic rings. The van der Waals surface area contributed by atoms with Gasteiger partial charge in [0, 0.05) is 23.4 Å². The second kappa shape index (κ2) is 8.91. The Morgan fingerprint density at radius 1 is 1.43 bits per heavy atom. The van der Waals surface area contributed by atoms with Crippen LogP contribution in [0, 0.1) is 11.8 Å². The minimum absolute atomic E-state index is 0. The molecule has 0 unspecified atom stereocenters. The van der Waals surface area contributed by atoms with Crippen molar-refractivity contribution in [1.82, 2.24) is 14.3 Å². The van der Waals surface area contributed by atoms with E-state index in [4.69, 9.17) is 5.11 Å². The maximum Gasteiger partial charge on any atom is 1.00 e. The van der Waals surface area contributed by atoms with Gasteiger partial charge in [0.25, 0.3) is 0 Å². The molecule has 0 radical (unpaired) electrons. The Balaban J connectivity index is 0.00000256. The number of carbonyl (C=O) groups excluding carboxylic acids is 2. The van der Waals surface area contributed by atoms with E-state index < -0.39 is 36.0 Å². The van der Waals surface area contributed by atoms with Crippen molar-refractivity contribution in [3.8, 4) is 0 Å². The average molecular weight is 461 g/mol. The number of carboxylic acid groups (broad SMARTS) is 1. The van der Waals surface area contributed by atoms with E-state index in [1.807, 2.05) is 6.92 Å². The molecule has 2 aliphatic heterocycles. The van der Waals surface area contributed by atoms with Crippen LogP contribution in [0.25, 0.3) is 10.4 Å². The van der Waals surface area contributed by atoms with Gasteiger partial charge in [0.2, 0.25) is 5.91 Å². The number of carboxylic acids is 1. The standard InChI is InChI=1S/C18H21N3O6S2.Na/c1-7-11(14(18(26)27)21-13(7)12(8(2)23)16(21)25)10-3-20-6-19-15(17(20)29-10)28-5-9(24)4-22;/h3,6-9,12-13,22-24H,4-5H2,1-2H3,(H,26,27);/q;+1/p-1/t7-,8+,9+,12+,13+;/m0./s1. The molecule has 4 heterocycles. The van der Waals surface area contributed by atoms with E-state index in [0.29, 0.717) is 15.5 Å². The minimum Gasteiger partial charge on any atom is -0.543 e. The number of fused-ring (bicyclic) bond motifs is 2. The first-order valence-electron chi connectivity index (χ1n) is 9.11. The molecule has 2 aromatic rings. The number of thioether (sulfide) groups is 1. The van der Waals surface area contributed by atoms with Crippen molar-refractivity contribution >= 4 is 45.4 Å². The molecule has 0 spiro atoms. The van der Waals surface area contributed by atoms with Crippen LogP contribution in [0.4, 0.5) is 0 Å². The van der Waals surface area contributed by atoms with E-state index >= 15 is 0 Å². The van der Waals surface area contributed by atoms with Gasteiger partial charge in [0.15, 0.2) is 0 Å². The summed E-state index contributed by atoms with van der Waals surface area (Å²) >= 11 is 2.64. The van der Waals surface area contributed by atoms with Crippen LogP contribution in [0.1, 0.15) is 18.7 Å². The van der Waals surface area contributed by atoms with Crippen molar-refractivity contribution in [2.24, 2.45) is 11.8 Å². The van der Waals surface area contributed by atoms with Gasteiger partial charge < -0.3 is 30.1 Å². The van der Waals surface area contributed by atoms with Crippen LogP contribution in [0.5, 0.6) is 0 Å². The molecule has 5 atom stereocenters. The Bertz CT molecular complexity index is 1020. The van der Waals surface area contributed by atoms with E-state index in [9.17, 15) is 24.9 Å². The fourth-order valence-electron chi connectivity index (χ4n) is 4.11. The third-order valence-electron chi connectivity index (χ3n) is 5.43. The number of carbonyl (C=O) groups is 2. The van der Waals surface area contributed by atoms with Gasteiger partial charge in [-0.3, -0.25) is 9.20 Å². The number of β-lactam (4-membered cyclic amide) rings is 1. The molecule has 0 aliphatic carbocycles. The Morgan fingerprint density at radius 3 is 2.73 bits per heavy atom. The third-order valence-corrected chi connectivity index (χ3v) is 7.83. The minimum atomic E-state index is -1.41. The second-order valence-corrected chi connectivity index (χ2v) is 9.35. The van der Waals surface area contributed by atoms with E-state index in [2.05, 4.69) is 4.98 Å². The molecular formula is C18H20N3NaO6S2. The molecule has 9 nitrogen and oxygen atoms in total. The number of thiazole rings is 1. The first-order chi connectivity index (χ1) is 13.8. The number of aliphatic hydroxyl groups is 3. The molecule has 0 aromatic carbocycles. The predicted octanol–water partition coefficient (Wildman–Crippen LogP) is -3.84. The Hall–Kier alpha value is -0.920. The van der Waals surface area contributed by atoms with Crippen LogP contribution in [-0.4, -0.2) is 72.1 Å². The van der Waals surface area contributed by atoms with Crippen molar-refractivity contribution in [3.05, 3.63) is 23.1 Å². The zero-order valence-electron chi connectivity index (χ0n) is 16.7. The molecular weight excluding hydrogens is 441 g/mol. The Morgan fingerprint density at radius 2 is 2.13 bits per heavy atom. The number of imidazole rings is 1. The summed E-state index contributed by atoms with van der Waals surface area (Å²) in [4.78, 5) is 31.3. The number of aliphatic carboxylic acids is 1. The molecule has 0 bridgehead atoms. The van der Waals surface area contributed by atoms with Gasteiger partial charge in [-0.05, 0) is 6.92 Å². The van der Waals surface area contributed by atoms with Crippen LogP contribution in [0.15, 0.2) is 23.2 Å². The Kier molecular flexibility index (Phi) is 7.05. The maximum absolute atomic E-state index is 12.5. The molecule has 1 saturated heterocycles. The summed E-state index contributed by atoms with van der Waals surface area (Å²) in [5.74, 6) is -2.44.